The number of anilines is 1. The minimum absolute atomic E-state index is 0.840. The van der Waals surface area contributed by atoms with Crippen LogP contribution in [-0.2, 0) is 6.54 Å². The number of piperazine rings is 1. The van der Waals surface area contributed by atoms with E-state index in [4.69, 9.17) is 4.74 Å². The molecule has 0 aliphatic carbocycles. The van der Waals surface area contributed by atoms with Crippen LogP contribution in [0.4, 0.5) is 5.69 Å². The van der Waals surface area contributed by atoms with Crippen LogP contribution in [0.2, 0.25) is 0 Å². The Balaban J connectivity index is 1.36. The SMILES string of the molecule is COc1ccc(N2CCN(CCNCc3ccccn3)CC2)cc1. The van der Waals surface area contributed by atoms with Gasteiger partial charge in [-0.2, -0.15) is 0 Å². The van der Waals surface area contributed by atoms with Gasteiger partial charge in [-0.05, 0) is 36.4 Å². The molecule has 1 aliphatic heterocycles. The highest BCUT2D eigenvalue weighted by Crippen LogP contribution is 2.20. The number of nitrogens with zero attached hydrogens (tertiary/aromatic N) is 3. The van der Waals surface area contributed by atoms with Crippen LogP contribution in [-0.4, -0.2) is 56.3 Å². The maximum atomic E-state index is 5.22. The van der Waals surface area contributed by atoms with Crippen molar-refractivity contribution in [3.05, 3.63) is 54.4 Å². The second-order valence-corrected chi connectivity index (χ2v) is 6.02. The van der Waals surface area contributed by atoms with Crippen LogP contribution in [0, 0.1) is 0 Å². The number of rotatable bonds is 7. The highest BCUT2D eigenvalue weighted by atomic mass is 16.5. The number of pyridine rings is 1. The quantitative estimate of drug-likeness (QED) is 0.788. The minimum Gasteiger partial charge on any atom is -0.497 e. The summed E-state index contributed by atoms with van der Waals surface area (Å²) in [6, 6.07) is 14.4. The van der Waals surface area contributed by atoms with E-state index in [9.17, 15) is 0 Å². The fraction of sp³-hybridized carbons (Fsp3) is 0.421. The zero-order chi connectivity index (χ0) is 16.6. The standard InChI is InChI=1S/C19H26N4O/c1-24-19-7-5-18(6-8-19)23-14-12-22(13-15-23)11-10-20-16-17-4-2-3-9-21-17/h2-9,20H,10-16H2,1H3. The minimum atomic E-state index is 0.840. The van der Waals surface area contributed by atoms with Crippen molar-refractivity contribution in [3.8, 4) is 5.75 Å². The highest BCUT2D eigenvalue weighted by Gasteiger charge is 2.16. The van der Waals surface area contributed by atoms with Crippen LogP contribution < -0.4 is 15.0 Å². The van der Waals surface area contributed by atoms with E-state index in [1.54, 1.807) is 7.11 Å². The fourth-order valence-electron chi connectivity index (χ4n) is 2.98. The lowest BCUT2D eigenvalue weighted by molar-refractivity contribution is 0.257. The first-order chi connectivity index (χ1) is 11.8. The molecule has 0 bridgehead atoms. The Morgan fingerprint density at radius 1 is 1.04 bits per heavy atom. The Morgan fingerprint density at radius 2 is 1.83 bits per heavy atom. The van der Waals surface area contributed by atoms with Crippen molar-refractivity contribution in [1.82, 2.24) is 15.2 Å². The molecule has 1 aromatic carbocycles. The van der Waals surface area contributed by atoms with Gasteiger partial charge in [-0.3, -0.25) is 9.88 Å². The molecule has 5 nitrogen and oxygen atoms in total. The highest BCUT2D eigenvalue weighted by molar-refractivity contribution is 5.49. The van der Waals surface area contributed by atoms with Crippen LogP contribution in [0.1, 0.15) is 5.69 Å². The predicted octanol–water partition coefficient (Wildman–Crippen LogP) is 2.00. The molecule has 0 atom stereocenters. The van der Waals surface area contributed by atoms with Crippen LogP contribution in [0.3, 0.4) is 0 Å². The summed E-state index contributed by atoms with van der Waals surface area (Å²) in [6.07, 6.45) is 1.84. The van der Waals surface area contributed by atoms with Gasteiger partial charge in [0, 0.05) is 57.7 Å². The number of nitrogens with one attached hydrogen (secondary N) is 1. The van der Waals surface area contributed by atoms with Gasteiger partial charge in [0.05, 0.1) is 12.8 Å². The van der Waals surface area contributed by atoms with E-state index in [1.165, 1.54) is 5.69 Å². The van der Waals surface area contributed by atoms with Crippen molar-refractivity contribution in [2.75, 3.05) is 51.3 Å². The summed E-state index contributed by atoms with van der Waals surface area (Å²) in [6.45, 7) is 7.29. The normalized spacial score (nSPS) is 15.5. The van der Waals surface area contributed by atoms with Gasteiger partial charge >= 0.3 is 0 Å². The molecule has 3 rings (SSSR count). The van der Waals surface area contributed by atoms with E-state index in [-0.39, 0.29) is 0 Å². The summed E-state index contributed by atoms with van der Waals surface area (Å²) in [5.41, 5.74) is 2.38. The molecule has 0 spiro atoms. The van der Waals surface area contributed by atoms with Gasteiger partial charge < -0.3 is 15.0 Å². The largest absolute Gasteiger partial charge is 0.497 e. The first-order valence-corrected chi connectivity index (χ1v) is 8.57. The third kappa shape index (κ3) is 4.69. The number of benzene rings is 1. The Hall–Kier alpha value is -2.11. The molecule has 0 amide bonds. The van der Waals surface area contributed by atoms with Crippen LogP contribution >= 0.6 is 0 Å². The molecule has 2 aromatic rings. The summed E-state index contributed by atoms with van der Waals surface area (Å²) < 4.78 is 5.22. The lowest BCUT2D eigenvalue weighted by atomic mass is 10.2. The number of methoxy groups -OCH3 is 1. The Kier molecular flexibility index (Phi) is 6.04. The first kappa shape index (κ1) is 16.7. The third-order valence-electron chi connectivity index (χ3n) is 4.45. The van der Waals surface area contributed by atoms with E-state index in [2.05, 4.69) is 38.3 Å². The first-order valence-electron chi connectivity index (χ1n) is 8.57. The summed E-state index contributed by atoms with van der Waals surface area (Å²) in [5, 5.41) is 3.47. The van der Waals surface area contributed by atoms with Gasteiger partial charge in [-0.1, -0.05) is 6.07 Å². The lowest BCUT2D eigenvalue weighted by Crippen LogP contribution is -2.48. The topological polar surface area (TPSA) is 40.6 Å². The van der Waals surface area contributed by atoms with Crippen LogP contribution in [0.15, 0.2) is 48.7 Å². The molecule has 1 aromatic heterocycles. The predicted molar refractivity (Wildman–Crippen MR) is 97.6 cm³/mol. The van der Waals surface area contributed by atoms with Crippen molar-refractivity contribution >= 4 is 5.69 Å². The number of ether oxygens (including phenoxy) is 1. The number of hydrogen-bond donors (Lipinski definition) is 1. The molecule has 0 unspecified atom stereocenters. The van der Waals surface area contributed by atoms with Gasteiger partial charge in [0.2, 0.25) is 0 Å². The average Bonchev–Trinajstić information content (AvgIpc) is 2.67. The van der Waals surface area contributed by atoms with Crippen molar-refractivity contribution in [3.63, 3.8) is 0 Å². The average molecular weight is 326 g/mol. The van der Waals surface area contributed by atoms with E-state index in [0.717, 1.165) is 57.3 Å². The molecule has 0 saturated carbocycles. The van der Waals surface area contributed by atoms with E-state index in [1.807, 2.05) is 30.5 Å². The molecule has 24 heavy (non-hydrogen) atoms. The molecule has 5 heteroatoms. The van der Waals surface area contributed by atoms with Crippen LogP contribution in [0.5, 0.6) is 5.75 Å². The maximum Gasteiger partial charge on any atom is 0.119 e. The lowest BCUT2D eigenvalue weighted by Gasteiger charge is -2.36. The fourth-order valence-corrected chi connectivity index (χ4v) is 2.98. The van der Waals surface area contributed by atoms with Crippen molar-refractivity contribution in [2.24, 2.45) is 0 Å². The summed E-state index contributed by atoms with van der Waals surface area (Å²) in [4.78, 5) is 9.29. The van der Waals surface area contributed by atoms with Gasteiger partial charge in [0.15, 0.2) is 0 Å². The molecule has 0 radical (unpaired) electrons. The monoisotopic (exact) mass is 326 g/mol. The Bertz CT molecular complexity index is 595. The molecular weight excluding hydrogens is 300 g/mol. The molecular formula is C19H26N4O. The van der Waals surface area contributed by atoms with Gasteiger partial charge in [0.25, 0.3) is 0 Å². The zero-order valence-corrected chi connectivity index (χ0v) is 14.3. The van der Waals surface area contributed by atoms with Crippen LogP contribution in [0.25, 0.3) is 0 Å². The Morgan fingerprint density at radius 3 is 2.50 bits per heavy atom. The van der Waals surface area contributed by atoms with Gasteiger partial charge in [0.1, 0.15) is 5.75 Å². The third-order valence-corrected chi connectivity index (χ3v) is 4.45. The van der Waals surface area contributed by atoms with Crippen molar-refractivity contribution in [2.45, 2.75) is 6.54 Å². The number of aromatic nitrogens is 1. The molecule has 1 fully saturated rings. The smallest absolute Gasteiger partial charge is 0.119 e. The van der Waals surface area contributed by atoms with Crippen molar-refractivity contribution in [1.29, 1.82) is 0 Å². The number of hydrogen-bond acceptors (Lipinski definition) is 5. The zero-order valence-electron chi connectivity index (χ0n) is 14.3. The Labute approximate surface area is 144 Å². The molecule has 1 N–H and O–H groups in total. The summed E-state index contributed by atoms with van der Waals surface area (Å²) in [7, 11) is 1.70. The molecule has 128 valence electrons. The molecule has 1 aliphatic rings. The van der Waals surface area contributed by atoms with E-state index >= 15 is 0 Å². The van der Waals surface area contributed by atoms with Gasteiger partial charge in [-0.15, -0.1) is 0 Å². The van der Waals surface area contributed by atoms with E-state index in [0.29, 0.717) is 0 Å². The maximum absolute atomic E-state index is 5.22. The molecule has 2 heterocycles. The van der Waals surface area contributed by atoms with Gasteiger partial charge in [-0.25, -0.2) is 0 Å². The van der Waals surface area contributed by atoms with E-state index < -0.39 is 0 Å². The van der Waals surface area contributed by atoms with Crippen molar-refractivity contribution < 1.29 is 4.74 Å². The summed E-state index contributed by atoms with van der Waals surface area (Å²) in [5.74, 6) is 0.913. The molecule has 1 saturated heterocycles. The second kappa shape index (κ2) is 8.66. The second-order valence-electron chi connectivity index (χ2n) is 6.02. The summed E-state index contributed by atoms with van der Waals surface area (Å²) >= 11 is 0.